The third kappa shape index (κ3) is 2.71. The molecule has 92 valence electrons. The van der Waals surface area contributed by atoms with Gasteiger partial charge in [0.25, 0.3) is 0 Å². The van der Waals surface area contributed by atoms with Gasteiger partial charge in [0.2, 0.25) is 0 Å². The quantitative estimate of drug-likeness (QED) is 0.822. The van der Waals surface area contributed by atoms with Crippen LogP contribution in [0, 0.1) is 5.92 Å². The fourth-order valence-corrected chi connectivity index (χ4v) is 3.10. The minimum absolute atomic E-state index is 0.244. The molecule has 1 unspecified atom stereocenters. The summed E-state index contributed by atoms with van der Waals surface area (Å²) in [7, 11) is 0. The molecule has 1 aromatic carbocycles. The summed E-state index contributed by atoms with van der Waals surface area (Å²) in [4.78, 5) is 0. The van der Waals surface area contributed by atoms with Crippen molar-refractivity contribution in [2.45, 2.75) is 57.0 Å². The maximum absolute atomic E-state index is 10.2. The second-order valence-corrected chi connectivity index (χ2v) is 5.84. The van der Waals surface area contributed by atoms with E-state index in [4.69, 9.17) is 0 Å². The highest BCUT2D eigenvalue weighted by Gasteiger charge is 2.24. The first-order valence-electron chi connectivity index (χ1n) is 7.11. The van der Waals surface area contributed by atoms with Crippen molar-refractivity contribution in [2.24, 2.45) is 5.92 Å². The first-order chi connectivity index (χ1) is 8.33. The Bertz CT molecular complexity index is 358. The fraction of sp³-hybridized carbons (Fsp3) is 0.625. The summed E-state index contributed by atoms with van der Waals surface area (Å²) >= 11 is 0. The SMILES string of the molecule is OC(CC1CCCC1)c1ccc(C2CC2)cc1. The van der Waals surface area contributed by atoms with Crippen molar-refractivity contribution >= 4 is 0 Å². The van der Waals surface area contributed by atoms with Crippen LogP contribution in [0.4, 0.5) is 0 Å². The Balaban J connectivity index is 1.61. The predicted molar refractivity (Wildman–Crippen MR) is 70.0 cm³/mol. The van der Waals surface area contributed by atoms with E-state index in [0.29, 0.717) is 0 Å². The normalized spacial score (nSPS) is 22.9. The number of benzene rings is 1. The summed E-state index contributed by atoms with van der Waals surface area (Å²) in [5.41, 5.74) is 2.57. The molecule has 0 radical (unpaired) electrons. The zero-order chi connectivity index (χ0) is 11.7. The van der Waals surface area contributed by atoms with E-state index in [1.165, 1.54) is 44.1 Å². The molecule has 0 amide bonds. The van der Waals surface area contributed by atoms with Crippen molar-refractivity contribution in [1.29, 1.82) is 0 Å². The lowest BCUT2D eigenvalue weighted by molar-refractivity contribution is 0.145. The van der Waals surface area contributed by atoms with E-state index >= 15 is 0 Å². The van der Waals surface area contributed by atoms with Gasteiger partial charge in [-0.15, -0.1) is 0 Å². The Morgan fingerprint density at radius 1 is 1.00 bits per heavy atom. The molecule has 1 aromatic rings. The Labute approximate surface area is 104 Å². The standard InChI is InChI=1S/C16H22O/c17-16(11-12-3-1-2-4-12)15-9-7-14(8-10-15)13-5-6-13/h7-10,12-13,16-17H,1-6,11H2. The van der Waals surface area contributed by atoms with Crippen molar-refractivity contribution in [3.63, 3.8) is 0 Å². The molecular formula is C16H22O. The van der Waals surface area contributed by atoms with Crippen LogP contribution in [0.1, 0.15) is 68.1 Å². The molecule has 17 heavy (non-hydrogen) atoms. The summed E-state index contributed by atoms with van der Waals surface area (Å²) in [6.45, 7) is 0. The summed E-state index contributed by atoms with van der Waals surface area (Å²) < 4.78 is 0. The molecule has 2 aliphatic carbocycles. The van der Waals surface area contributed by atoms with Gasteiger partial charge in [0.1, 0.15) is 0 Å². The van der Waals surface area contributed by atoms with Crippen LogP contribution in [0.25, 0.3) is 0 Å². The highest BCUT2D eigenvalue weighted by Crippen LogP contribution is 2.40. The van der Waals surface area contributed by atoms with Gasteiger partial charge in [-0.05, 0) is 42.2 Å². The van der Waals surface area contributed by atoms with Gasteiger partial charge < -0.3 is 5.11 Å². The zero-order valence-electron chi connectivity index (χ0n) is 10.4. The first-order valence-corrected chi connectivity index (χ1v) is 7.11. The number of aliphatic hydroxyl groups is 1. The van der Waals surface area contributed by atoms with Gasteiger partial charge in [0.15, 0.2) is 0 Å². The summed E-state index contributed by atoms with van der Waals surface area (Å²) in [5, 5.41) is 10.2. The van der Waals surface area contributed by atoms with Crippen molar-refractivity contribution in [1.82, 2.24) is 0 Å². The second-order valence-electron chi connectivity index (χ2n) is 5.84. The molecule has 2 fully saturated rings. The smallest absolute Gasteiger partial charge is 0.0792 e. The van der Waals surface area contributed by atoms with Crippen LogP contribution in [0.5, 0.6) is 0 Å². The molecule has 1 nitrogen and oxygen atoms in total. The molecule has 0 bridgehead atoms. The van der Waals surface area contributed by atoms with Gasteiger partial charge in [0, 0.05) is 0 Å². The monoisotopic (exact) mass is 230 g/mol. The molecule has 1 atom stereocenters. The van der Waals surface area contributed by atoms with E-state index in [0.717, 1.165) is 23.8 Å². The Morgan fingerprint density at radius 2 is 1.65 bits per heavy atom. The Morgan fingerprint density at radius 3 is 2.24 bits per heavy atom. The van der Waals surface area contributed by atoms with Gasteiger partial charge in [-0.1, -0.05) is 49.9 Å². The van der Waals surface area contributed by atoms with Crippen molar-refractivity contribution < 1.29 is 5.11 Å². The maximum Gasteiger partial charge on any atom is 0.0792 e. The number of rotatable bonds is 4. The Kier molecular flexibility index (Phi) is 3.19. The van der Waals surface area contributed by atoms with Crippen molar-refractivity contribution in [2.75, 3.05) is 0 Å². The van der Waals surface area contributed by atoms with Crippen LogP contribution >= 0.6 is 0 Å². The minimum Gasteiger partial charge on any atom is -0.388 e. The first kappa shape index (κ1) is 11.3. The molecule has 3 rings (SSSR count). The van der Waals surface area contributed by atoms with Gasteiger partial charge in [0.05, 0.1) is 6.10 Å². The van der Waals surface area contributed by atoms with Crippen LogP contribution in [-0.4, -0.2) is 5.11 Å². The van der Waals surface area contributed by atoms with E-state index in [2.05, 4.69) is 24.3 Å². The van der Waals surface area contributed by atoms with Crippen molar-refractivity contribution in [3.05, 3.63) is 35.4 Å². The fourth-order valence-electron chi connectivity index (χ4n) is 3.10. The minimum atomic E-state index is -0.244. The predicted octanol–water partition coefficient (Wildman–Crippen LogP) is 4.18. The van der Waals surface area contributed by atoms with E-state index in [1.54, 1.807) is 0 Å². The van der Waals surface area contributed by atoms with Crippen LogP contribution in [0.15, 0.2) is 24.3 Å². The van der Waals surface area contributed by atoms with Gasteiger partial charge >= 0.3 is 0 Å². The number of aliphatic hydroxyl groups excluding tert-OH is 1. The molecule has 2 saturated carbocycles. The zero-order valence-corrected chi connectivity index (χ0v) is 10.4. The van der Waals surface area contributed by atoms with E-state index in [-0.39, 0.29) is 6.10 Å². The van der Waals surface area contributed by atoms with Gasteiger partial charge in [-0.3, -0.25) is 0 Å². The topological polar surface area (TPSA) is 20.2 Å². The lowest BCUT2D eigenvalue weighted by atomic mass is 9.95. The largest absolute Gasteiger partial charge is 0.388 e. The molecule has 2 aliphatic rings. The third-order valence-corrected chi connectivity index (χ3v) is 4.40. The van der Waals surface area contributed by atoms with Crippen LogP contribution < -0.4 is 0 Å². The summed E-state index contributed by atoms with van der Waals surface area (Å²) in [6, 6.07) is 8.69. The van der Waals surface area contributed by atoms with Gasteiger partial charge in [-0.25, -0.2) is 0 Å². The van der Waals surface area contributed by atoms with E-state index in [1.807, 2.05) is 0 Å². The maximum atomic E-state index is 10.2. The summed E-state index contributed by atoms with van der Waals surface area (Å²) in [5.74, 6) is 1.57. The molecule has 0 aliphatic heterocycles. The van der Waals surface area contributed by atoms with E-state index in [9.17, 15) is 5.11 Å². The molecule has 0 aromatic heterocycles. The van der Waals surface area contributed by atoms with Crippen LogP contribution in [0.3, 0.4) is 0 Å². The molecule has 1 N–H and O–H groups in total. The average Bonchev–Trinajstić information content (AvgIpc) is 3.09. The molecule has 1 heteroatoms. The lowest BCUT2D eigenvalue weighted by Crippen LogP contribution is -2.04. The molecule has 0 saturated heterocycles. The number of hydrogen-bond donors (Lipinski definition) is 1. The Hall–Kier alpha value is -0.820. The molecular weight excluding hydrogens is 208 g/mol. The number of hydrogen-bond acceptors (Lipinski definition) is 1. The highest BCUT2D eigenvalue weighted by molar-refractivity contribution is 5.29. The molecule has 0 heterocycles. The van der Waals surface area contributed by atoms with E-state index < -0.39 is 0 Å². The molecule has 0 spiro atoms. The average molecular weight is 230 g/mol. The highest BCUT2D eigenvalue weighted by atomic mass is 16.3. The summed E-state index contributed by atoms with van der Waals surface area (Å²) in [6.07, 6.45) is 8.77. The van der Waals surface area contributed by atoms with Crippen LogP contribution in [-0.2, 0) is 0 Å². The van der Waals surface area contributed by atoms with Gasteiger partial charge in [-0.2, -0.15) is 0 Å². The van der Waals surface area contributed by atoms with Crippen molar-refractivity contribution in [3.8, 4) is 0 Å². The third-order valence-electron chi connectivity index (χ3n) is 4.40. The lowest BCUT2D eigenvalue weighted by Gasteiger charge is -2.16. The second kappa shape index (κ2) is 4.81. The van der Waals surface area contributed by atoms with Crippen LogP contribution in [0.2, 0.25) is 0 Å².